The zero-order chi connectivity index (χ0) is 18.5. The molecule has 0 aliphatic heterocycles. The monoisotopic (exact) mass is 371 g/mol. The zero-order valence-corrected chi connectivity index (χ0v) is 15.2. The number of hydrogen-bond donors (Lipinski definition) is 2. The molecule has 1 heterocycles. The van der Waals surface area contributed by atoms with E-state index >= 15 is 0 Å². The molecule has 0 saturated carbocycles. The minimum Gasteiger partial charge on any atom is -0.495 e. The molecule has 0 atom stereocenters. The van der Waals surface area contributed by atoms with Crippen LogP contribution in [-0.4, -0.2) is 27.0 Å². The second-order valence-corrected chi connectivity index (χ2v) is 6.08. The molecule has 8 heteroatoms. The van der Waals surface area contributed by atoms with Gasteiger partial charge in [0.2, 0.25) is 5.95 Å². The largest absolute Gasteiger partial charge is 0.495 e. The third-order valence-corrected chi connectivity index (χ3v) is 3.83. The summed E-state index contributed by atoms with van der Waals surface area (Å²) in [6.07, 6.45) is 1.58. The van der Waals surface area contributed by atoms with E-state index in [1.54, 1.807) is 30.3 Å². The maximum atomic E-state index is 13.0. The summed E-state index contributed by atoms with van der Waals surface area (Å²) in [6.45, 7) is 2.47. The summed E-state index contributed by atoms with van der Waals surface area (Å²) >= 11 is 5.31. The maximum absolute atomic E-state index is 13.0. The predicted octanol–water partition coefficient (Wildman–Crippen LogP) is 3.59. The molecule has 2 aromatic carbocycles. The molecule has 0 radical (unpaired) electrons. The molecule has 3 aromatic rings. The van der Waals surface area contributed by atoms with Gasteiger partial charge >= 0.3 is 0 Å². The number of nitrogens with one attached hydrogen (secondary N) is 2. The van der Waals surface area contributed by atoms with Crippen LogP contribution in [-0.2, 0) is 6.54 Å². The Labute approximate surface area is 156 Å². The summed E-state index contributed by atoms with van der Waals surface area (Å²) in [5.41, 5.74) is 2.77. The molecule has 0 saturated heterocycles. The fourth-order valence-electron chi connectivity index (χ4n) is 2.38. The highest BCUT2D eigenvalue weighted by Crippen LogP contribution is 2.25. The van der Waals surface area contributed by atoms with Crippen molar-refractivity contribution < 1.29 is 9.13 Å². The Morgan fingerprint density at radius 3 is 2.69 bits per heavy atom. The van der Waals surface area contributed by atoms with Crippen LogP contribution in [0.2, 0.25) is 0 Å². The number of benzene rings is 2. The lowest BCUT2D eigenvalue weighted by Gasteiger charge is -2.12. The average molecular weight is 371 g/mol. The molecule has 3 rings (SSSR count). The molecule has 134 valence electrons. The number of rotatable bonds is 5. The Morgan fingerprint density at radius 1 is 1.19 bits per heavy atom. The van der Waals surface area contributed by atoms with E-state index in [1.807, 2.05) is 25.1 Å². The summed E-state index contributed by atoms with van der Waals surface area (Å²) in [6, 6.07) is 12.0. The van der Waals surface area contributed by atoms with Crippen LogP contribution in [0.1, 0.15) is 11.1 Å². The molecule has 0 bridgehead atoms. The third kappa shape index (κ3) is 4.54. The van der Waals surface area contributed by atoms with Crippen molar-refractivity contribution in [3.63, 3.8) is 0 Å². The quantitative estimate of drug-likeness (QED) is 0.668. The molecular formula is C18H18FN5OS. The number of aryl methyl sites for hydroxylation is 1. The van der Waals surface area contributed by atoms with Crippen LogP contribution >= 0.6 is 12.2 Å². The van der Waals surface area contributed by atoms with Crippen molar-refractivity contribution in [3.8, 4) is 5.75 Å². The summed E-state index contributed by atoms with van der Waals surface area (Å²) < 4.78 is 19.9. The number of aromatic nitrogens is 3. The van der Waals surface area contributed by atoms with E-state index in [1.165, 1.54) is 12.1 Å². The summed E-state index contributed by atoms with van der Waals surface area (Å²) in [5, 5.41) is 10.7. The van der Waals surface area contributed by atoms with E-state index in [-0.39, 0.29) is 5.82 Å². The van der Waals surface area contributed by atoms with E-state index in [4.69, 9.17) is 17.0 Å². The van der Waals surface area contributed by atoms with Gasteiger partial charge in [-0.15, -0.1) is 5.10 Å². The standard InChI is InChI=1S/C18H18FN5OS/c1-12-3-8-16(25-2)15(9-12)21-18(26)22-17-20-11-24(23-17)10-13-4-6-14(19)7-5-13/h3-9,11H,10H2,1-2H3,(H2,21,22,23,26). The second-order valence-electron chi connectivity index (χ2n) is 5.68. The van der Waals surface area contributed by atoms with Crippen molar-refractivity contribution in [1.82, 2.24) is 14.8 Å². The third-order valence-electron chi connectivity index (χ3n) is 3.62. The topological polar surface area (TPSA) is 64.0 Å². The minimum atomic E-state index is -0.266. The Balaban J connectivity index is 1.62. The summed E-state index contributed by atoms with van der Waals surface area (Å²) in [4.78, 5) is 4.18. The normalized spacial score (nSPS) is 10.4. The molecule has 0 aliphatic rings. The first-order valence-electron chi connectivity index (χ1n) is 7.90. The predicted molar refractivity (Wildman–Crippen MR) is 103 cm³/mol. The molecular weight excluding hydrogens is 353 g/mol. The minimum absolute atomic E-state index is 0.266. The van der Waals surface area contributed by atoms with Crippen molar-refractivity contribution in [1.29, 1.82) is 0 Å². The van der Waals surface area contributed by atoms with Gasteiger partial charge in [-0.05, 0) is 54.5 Å². The van der Waals surface area contributed by atoms with E-state index in [2.05, 4.69) is 20.7 Å². The van der Waals surface area contributed by atoms with Gasteiger partial charge in [-0.1, -0.05) is 18.2 Å². The van der Waals surface area contributed by atoms with Crippen LogP contribution in [0.3, 0.4) is 0 Å². The summed E-state index contributed by atoms with van der Waals surface area (Å²) in [7, 11) is 1.60. The molecule has 26 heavy (non-hydrogen) atoms. The van der Waals surface area contributed by atoms with Gasteiger partial charge in [0, 0.05) is 0 Å². The van der Waals surface area contributed by atoms with Crippen molar-refractivity contribution in [2.24, 2.45) is 0 Å². The average Bonchev–Trinajstić information content (AvgIpc) is 3.04. The van der Waals surface area contributed by atoms with E-state index < -0.39 is 0 Å². The van der Waals surface area contributed by atoms with Gasteiger partial charge < -0.3 is 10.1 Å². The molecule has 0 spiro atoms. The highest BCUT2D eigenvalue weighted by molar-refractivity contribution is 7.80. The fourth-order valence-corrected chi connectivity index (χ4v) is 2.58. The molecule has 6 nitrogen and oxygen atoms in total. The molecule has 2 N–H and O–H groups in total. The first kappa shape index (κ1) is 17.8. The Morgan fingerprint density at radius 2 is 1.96 bits per heavy atom. The number of halogens is 1. The van der Waals surface area contributed by atoms with E-state index in [0.717, 1.165) is 16.8 Å². The lowest BCUT2D eigenvalue weighted by atomic mass is 10.2. The molecule has 0 amide bonds. The highest BCUT2D eigenvalue weighted by Gasteiger charge is 2.08. The van der Waals surface area contributed by atoms with Crippen LogP contribution < -0.4 is 15.4 Å². The number of anilines is 2. The van der Waals surface area contributed by atoms with Gasteiger partial charge in [0.15, 0.2) is 5.11 Å². The van der Waals surface area contributed by atoms with E-state index in [9.17, 15) is 4.39 Å². The van der Waals surface area contributed by atoms with Gasteiger partial charge in [-0.25, -0.2) is 14.1 Å². The first-order valence-corrected chi connectivity index (χ1v) is 8.31. The Bertz CT molecular complexity index is 910. The van der Waals surface area contributed by atoms with Crippen LogP contribution in [0, 0.1) is 12.7 Å². The Kier molecular flexibility index (Phi) is 5.43. The highest BCUT2D eigenvalue weighted by atomic mass is 32.1. The number of hydrogen-bond acceptors (Lipinski definition) is 4. The molecule has 0 aliphatic carbocycles. The van der Waals surface area contributed by atoms with Gasteiger partial charge in [0.1, 0.15) is 17.9 Å². The first-order chi connectivity index (χ1) is 12.5. The van der Waals surface area contributed by atoms with Crippen molar-refractivity contribution >= 4 is 29.0 Å². The van der Waals surface area contributed by atoms with Gasteiger partial charge in [-0.3, -0.25) is 5.32 Å². The molecule has 1 aromatic heterocycles. The molecule has 0 unspecified atom stereocenters. The van der Waals surface area contributed by atoms with Crippen molar-refractivity contribution in [3.05, 3.63) is 65.7 Å². The lowest BCUT2D eigenvalue weighted by molar-refractivity contribution is 0.417. The van der Waals surface area contributed by atoms with Crippen molar-refractivity contribution in [2.75, 3.05) is 17.7 Å². The number of thiocarbonyl (C=S) groups is 1. The van der Waals surface area contributed by atoms with Crippen LogP contribution in [0.15, 0.2) is 48.8 Å². The summed E-state index contributed by atoms with van der Waals surface area (Å²) in [5.74, 6) is 0.795. The van der Waals surface area contributed by atoms with Crippen LogP contribution in [0.4, 0.5) is 16.0 Å². The van der Waals surface area contributed by atoms with E-state index in [0.29, 0.717) is 23.4 Å². The van der Waals surface area contributed by atoms with Gasteiger partial charge in [0.25, 0.3) is 0 Å². The number of methoxy groups -OCH3 is 1. The maximum Gasteiger partial charge on any atom is 0.248 e. The number of ether oxygens (including phenoxy) is 1. The van der Waals surface area contributed by atoms with Gasteiger partial charge in [0.05, 0.1) is 19.3 Å². The second kappa shape index (κ2) is 7.92. The lowest BCUT2D eigenvalue weighted by Crippen LogP contribution is -2.20. The SMILES string of the molecule is COc1ccc(C)cc1NC(=S)Nc1ncn(Cc2ccc(F)cc2)n1. The van der Waals surface area contributed by atoms with Crippen LogP contribution in [0.25, 0.3) is 0 Å². The van der Waals surface area contributed by atoms with Crippen molar-refractivity contribution in [2.45, 2.75) is 13.5 Å². The molecule has 0 fully saturated rings. The zero-order valence-electron chi connectivity index (χ0n) is 14.4. The fraction of sp³-hybridized carbons (Fsp3) is 0.167. The smallest absolute Gasteiger partial charge is 0.248 e. The number of nitrogens with zero attached hydrogens (tertiary/aromatic N) is 3. The van der Waals surface area contributed by atoms with Crippen LogP contribution in [0.5, 0.6) is 5.75 Å². The van der Waals surface area contributed by atoms with Gasteiger partial charge in [-0.2, -0.15) is 0 Å². The Hall–Kier alpha value is -3.00.